The van der Waals surface area contributed by atoms with Gasteiger partial charge in [-0.2, -0.15) is 0 Å². The van der Waals surface area contributed by atoms with Crippen LogP contribution in [0, 0.1) is 5.82 Å². The van der Waals surface area contributed by atoms with Crippen molar-refractivity contribution in [2.75, 3.05) is 0 Å². The van der Waals surface area contributed by atoms with Crippen LogP contribution in [-0.4, -0.2) is 23.5 Å². The lowest BCUT2D eigenvalue weighted by atomic mass is 10.1. The summed E-state index contributed by atoms with van der Waals surface area (Å²) in [6.45, 7) is 3.74. The number of rotatable bonds is 8. The Bertz CT molecular complexity index is 1470. The van der Waals surface area contributed by atoms with E-state index in [0.717, 1.165) is 14.4 Å². The number of thiophene rings is 1. The molecule has 5 nitrogen and oxygen atoms in total. The number of carboxylic acids is 1. The number of nitrogens with zero attached hydrogens (tertiary/aromatic N) is 1. The zero-order chi connectivity index (χ0) is 23.8. The summed E-state index contributed by atoms with van der Waals surface area (Å²) in [6, 6.07) is 14.6. The molecule has 0 saturated heterocycles. The Labute approximate surface area is 199 Å². The monoisotopic (exact) mass is 503 g/mol. The van der Waals surface area contributed by atoms with Crippen LogP contribution >= 0.6 is 22.9 Å². The van der Waals surface area contributed by atoms with Gasteiger partial charge in [-0.15, -0.1) is 17.9 Å². The molecule has 1 unspecified atom stereocenters. The van der Waals surface area contributed by atoms with Crippen molar-refractivity contribution in [3.8, 4) is 10.4 Å². The van der Waals surface area contributed by atoms with Crippen molar-refractivity contribution in [2.45, 2.75) is 18.1 Å². The predicted octanol–water partition coefficient (Wildman–Crippen LogP) is 6.28. The molecule has 0 aliphatic heterocycles. The summed E-state index contributed by atoms with van der Waals surface area (Å²) in [4.78, 5) is 12.5. The van der Waals surface area contributed by atoms with Crippen molar-refractivity contribution in [1.82, 2.24) is 3.97 Å². The van der Waals surface area contributed by atoms with E-state index in [1.807, 2.05) is 18.2 Å². The van der Waals surface area contributed by atoms with Crippen molar-refractivity contribution in [2.24, 2.45) is 0 Å². The van der Waals surface area contributed by atoms with E-state index in [9.17, 15) is 17.6 Å². The Morgan fingerprint density at radius 1 is 1.21 bits per heavy atom. The Morgan fingerprint density at radius 3 is 2.70 bits per heavy atom. The van der Waals surface area contributed by atoms with E-state index in [-0.39, 0.29) is 18.4 Å². The molecule has 9 heteroatoms. The smallest absolute Gasteiger partial charge is 0.303 e. The number of aliphatic carboxylic acids is 1. The molecule has 0 aliphatic carbocycles. The summed E-state index contributed by atoms with van der Waals surface area (Å²) in [5.41, 5.74) is 1.61. The van der Waals surface area contributed by atoms with Gasteiger partial charge in [0.15, 0.2) is 0 Å². The molecule has 0 spiro atoms. The van der Waals surface area contributed by atoms with E-state index in [1.54, 1.807) is 18.2 Å². The first-order valence-corrected chi connectivity index (χ1v) is 12.6. The first-order valence-electron chi connectivity index (χ1n) is 9.94. The van der Waals surface area contributed by atoms with Gasteiger partial charge in [-0.25, -0.2) is 16.8 Å². The average molecular weight is 504 g/mol. The molecule has 0 aliphatic rings. The number of hydrogen-bond donors (Lipinski definition) is 1. The first kappa shape index (κ1) is 23.2. The van der Waals surface area contributed by atoms with Crippen molar-refractivity contribution in [3.05, 3.63) is 94.7 Å². The Balaban J connectivity index is 1.78. The van der Waals surface area contributed by atoms with Gasteiger partial charge in [-0.3, -0.25) is 4.79 Å². The highest BCUT2D eigenvalue weighted by Crippen LogP contribution is 2.38. The second kappa shape index (κ2) is 9.13. The highest BCUT2D eigenvalue weighted by Gasteiger charge is 2.30. The van der Waals surface area contributed by atoms with E-state index in [2.05, 4.69) is 6.58 Å². The van der Waals surface area contributed by atoms with Crippen molar-refractivity contribution in [3.63, 3.8) is 0 Å². The van der Waals surface area contributed by atoms with Crippen LogP contribution in [0.1, 0.15) is 22.1 Å². The van der Waals surface area contributed by atoms with Crippen LogP contribution in [0.3, 0.4) is 0 Å². The highest BCUT2D eigenvalue weighted by atomic mass is 35.5. The van der Waals surface area contributed by atoms with Gasteiger partial charge in [-0.05, 0) is 60.0 Å². The maximum Gasteiger partial charge on any atom is 0.303 e. The minimum Gasteiger partial charge on any atom is -0.481 e. The number of aryl methyl sites for hydroxylation is 1. The van der Waals surface area contributed by atoms with E-state index in [0.29, 0.717) is 20.8 Å². The molecule has 2 heterocycles. The number of benzene rings is 2. The molecule has 0 fully saturated rings. The standard InChI is InChI=1S/C24H19ClFNO4S2/c1-2-23(22-10-9-21(32-22)15-4-3-5-17(25)12-15)33(30,31)27-14-16(6-11-24(28)29)19-13-18(26)7-8-20(19)27/h2-5,7-10,12-14,23H,1,6,11H2,(H,28,29). The van der Waals surface area contributed by atoms with E-state index in [1.165, 1.54) is 41.8 Å². The van der Waals surface area contributed by atoms with Crippen LogP contribution in [0.15, 0.2) is 73.4 Å². The zero-order valence-electron chi connectivity index (χ0n) is 17.2. The normalized spacial score (nSPS) is 12.7. The van der Waals surface area contributed by atoms with Crippen LogP contribution in [0.25, 0.3) is 21.3 Å². The van der Waals surface area contributed by atoms with Gasteiger partial charge in [0.25, 0.3) is 10.0 Å². The van der Waals surface area contributed by atoms with Gasteiger partial charge >= 0.3 is 5.97 Å². The van der Waals surface area contributed by atoms with E-state index >= 15 is 0 Å². The number of halogens is 2. The number of carboxylic acid groups (broad SMARTS) is 1. The third-order valence-corrected chi connectivity index (χ3v) is 8.79. The maximum absolute atomic E-state index is 13.9. The Hall–Kier alpha value is -2.94. The van der Waals surface area contributed by atoms with Crippen LogP contribution < -0.4 is 0 Å². The molecule has 0 bridgehead atoms. The fourth-order valence-corrected chi connectivity index (χ4v) is 6.95. The molecule has 4 aromatic rings. The second-order valence-corrected chi connectivity index (χ2v) is 10.9. The van der Waals surface area contributed by atoms with Gasteiger partial charge in [0.05, 0.1) is 5.52 Å². The van der Waals surface area contributed by atoms with Crippen LogP contribution in [0.5, 0.6) is 0 Å². The molecule has 33 heavy (non-hydrogen) atoms. The third kappa shape index (κ3) is 4.59. The molecule has 2 aromatic heterocycles. The maximum atomic E-state index is 13.9. The quantitative estimate of drug-likeness (QED) is 0.287. The SMILES string of the molecule is C=CC(c1ccc(-c2cccc(Cl)c2)s1)S(=O)(=O)n1cc(CCC(=O)O)c2cc(F)ccc21. The lowest BCUT2D eigenvalue weighted by Gasteiger charge is -2.14. The highest BCUT2D eigenvalue weighted by molar-refractivity contribution is 7.90. The molecular formula is C24H19ClFNO4S2. The summed E-state index contributed by atoms with van der Waals surface area (Å²) in [7, 11) is -4.03. The lowest BCUT2D eigenvalue weighted by molar-refractivity contribution is -0.136. The summed E-state index contributed by atoms with van der Waals surface area (Å²) in [6.07, 6.45) is 2.61. The van der Waals surface area contributed by atoms with Crippen molar-refractivity contribution < 1.29 is 22.7 Å². The second-order valence-electron chi connectivity index (χ2n) is 7.42. The summed E-state index contributed by atoms with van der Waals surface area (Å²) < 4.78 is 42.4. The number of carbonyl (C=O) groups is 1. The molecule has 1 atom stereocenters. The molecule has 4 rings (SSSR count). The van der Waals surface area contributed by atoms with Crippen molar-refractivity contribution >= 4 is 49.8 Å². The lowest BCUT2D eigenvalue weighted by Crippen LogP contribution is -2.18. The molecule has 2 aromatic carbocycles. The van der Waals surface area contributed by atoms with Gasteiger partial charge in [-0.1, -0.05) is 29.8 Å². The molecule has 0 radical (unpaired) electrons. The molecule has 170 valence electrons. The minimum absolute atomic E-state index is 0.0779. The number of hydrogen-bond acceptors (Lipinski definition) is 4. The Kier molecular flexibility index (Phi) is 6.43. The third-order valence-electron chi connectivity index (χ3n) is 5.25. The summed E-state index contributed by atoms with van der Waals surface area (Å²) >= 11 is 7.40. The number of fused-ring (bicyclic) bond motifs is 1. The minimum atomic E-state index is -4.03. The fraction of sp³-hybridized carbons (Fsp3) is 0.125. The molecule has 1 N–H and O–H groups in total. The van der Waals surface area contributed by atoms with Gasteiger partial charge in [0, 0.05) is 32.8 Å². The van der Waals surface area contributed by atoms with E-state index in [4.69, 9.17) is 16.7 Å². The Morgan fingerprint density at radius 2 is 2.00 bits per heavy atom. The predicted molar refractivity (Wildman–Crippen MR) is 130 cm³/mol. The topological polar surface area (TPSA) is 76.4 Å². The number of aromatic nitrogens is 1. The van der Waals surface area contributed by atoms with Gasteiger partial charge in [0.2, 0.25) is 0 Å². The van der Waals surface area contributed by atoms with E-state index < -0.39 is 27.1 Å². The van der Waals surface area contributed by atoms with Gasteiger partial charge < -0.3 is 5.11 Å². The van der Waals surface area contributed by atoms with Crippen LogP contribution in [0.2, 0.25) is 5.02 Å². The first-order chi connectivity index (χ1) is 15.7. The fourth-order valence-electron chi connectivity index (χ4n) is 3.70. The van der Waals surface area contributed by atoms with Crippen LogP contribution in [0.4, 0.5) is 4.39 Å². The van der Waals surface area contributed by atoms with Gasteiger partial charge in [0.1, 0.15) is 11.1 Å². The molecule has 0 saturated carbocycles. The summed E-state index contributed by atoms with van der Waals surface area (Å²) in [5.74, 6) is -1.55. The van der Waals surface area contributed by atoms with Crippen LogP contribution in [-0.2, 0) is 21.2 Å². The largest absolute Gasteiger partial charge is 0.481 e. The van der Waals surface area contributed by atoms with Crippen molar-refractivity contribution in [1.29, 1.82) is 0 Å². The zero-order valence-corrected chi connectivity index (χ0v) is 19.6. The molecule has 0 amide bonds. The summed E-state index contributed by atoms with van der Waals surface area (Å²) in [5, 5.41) is 8.93. The molecular weight excluding hydrogens is 485 g/mol. The average Bonchev–Trinajstić information content (AvgIpc) is 3.38.